The summed E-state index contributed by atoms with van der Waals surface area (Å²) in [5.74, 6) is -2.38. The van der Waals surface area contributed by atoms with Crippen LogP contribution in [0.1, 0.15) is 62.6 Å². The van der Waals surface area contributed by atoms with Crippen LogP contribution in [0.25, 0.3) is 0 Å². The summed E-state index contributed by atoms with van der Waals surface area (Å²) in [6.07, 6.45) is 2.85. The third-order valence-electron chi connectivity index (χ3n) is 7.26. The molecule has 0 bridgehead atoms. The Morgan fingerprint density at radius 3 is 2.49 bits per heavy atom. The number of piperidine rings is 1. The maximum Gasteiger partial charge on any atom is 0.221 e. The standard InChI is InChI=1S/C29H41F2N3O4S/c1-3-21-8-7-9-22(14-21)19-32-20-28(35)27(17-23-15-24(30)18-25(31)16-23)33-29(36)11-13-39(37,38)34-12-6-5-10-26(34)4-2/h7-9,14-16,18,26-28,32,35H,3-6,10-13,17,19-20H2,1-2H3,(H,33,36)/t26?,27-,28+/m0/s1. The molecule has 0 radical (unpaired) electrons. The molecule has 10 heteroatoms. The van der Waals surface area contributed by atoms with Gasteiger partial charge in [0.25, 0.3) is 0 Å². The van der Waals surface area contributed by atoms with Crippen molar-refractivity contribution in [1.29, 1.82) is 0 Å². The molecule has 3 N–H and O–H groups in total. The summed E-state index contributed by atoms with van der Waals surface area (Å²) in [7, 11) is -3.62. The number of benzene rings is 2. The Kier molecular flexibility index (Phi) is 11.8. The summed E-state index contributed by atoms with van der Waals surface area (Å²) in [4.78, 5) is 12.9. The highest BCUT2D eigenvalue weighted by Crippen LogP contribution is 2.23. The second kappa shape index (κ2) is 14.8. The minimum atomic E-state index is -3.62. The first-order valence-corrected chi connectivity index (χ1v) is 15.4. The van der Waals surface area contributed by atoms with Crippen LogP contribution in [0, 0.1) is 11.6 Å². The smallest absolute Gasteiger partial charge is 0.221 e. The molecular formula is C29H41F2N3O4S. The number of nitrogens with one attached hydrogen (secondary N) is 2. The van der Waals surface area contributed by atoms with E-state index in [2.05, 4.69) is 23.6 Å². The predicted octanol–water partition coefficient (Wildman–Crippen LogP) is 3.69. The molecule has 1 fully saturated rings. The number of amides is 1. The molecule has 39 heavy (non-hydrogen) atoms. The number of sulfonamides is 1. The summed E-state index contributed by atoms with van der Waals surface area (Å²) in [5.41, 5.74) is 2.51. The Balaban J connectivity index is 1.64. The van der Waals surface area contributed by atoms with Crippen LogP contribution in [-0.2, 0) is 34.2 Å². The number of carbonyl (C=O) groups excluding carboxylic acids is 1. The number of nitrogens with zero attached hydrogens (tertiary/aromatic N) is 1. The van der Waals surface area contributed by atoms with Crippen molar-refractivity contribution in [2.24, 2.45) is 0 Å². The highest BCUT2D eigenvalue weighted by Gasteiger charge is 2.32. The van der Waals surface area contributed by atoms with Crippen molar-refractivity contribution >= 4 is 15.9 Å². The van der Waals surface area contributed by atoms with Gasteiger partial charge in [0, 0.05) is 38.2 Å². The third-order valence-corrected chi connectivity index (χ3v) is 9.18. The number of carbonyl (C=O) groups is 1. The maximum absolute atomic E-state index is 13.8. The van der Waals surface area contributed by atoms with Crippen molar-refractivity contribution < 1.29 is 27.1 Å². The lowest BCUT2D eigenvalue weighted by molar-refractivity contribution is -0.122. The molecule has 216 valence electrons. The van der Waals surface area contributed by atoms with Gasteiger partial charge in [-0.3, -0.25) is 4.79 Å². The summed E-state index contributed by atoms with van der Waals surface area (Å²) < 4.78 is 55.1. The lowest BCUT2D eigenvalue weighted by Crippen LogP contribution is -2.49. The lowest BCUT2D eigenvalue weighted by atomic mass is 10.0. The number of aryl methyl sites for hydroxylation is 1. The highest BCUT2D eigenvalue weighted by atomic mass is 32.2. The van der Waals surface area contributed by atoms with E-state index < -0.39 is 39.7 Å². The Hall–Kier alpha value is -2.40. The molecule has 3 atom stereocenters. The monoisotopic (exact) mass is 565 g/mol. The van der Waals surface area contributed by atoms with Crippen molar-refractivity contribution in [3.8, 4) is 0 Å². The zero-order valence-corrected chi connectivity index (χ0v) is 23.7. The van der Waals surface area contributed by atoms with E-state index in [0.717, 1.165) is 55.9 Å². The van der Waals surface area contributed by atoms with Gasteiger partial charge in [0.2, 0.25) is 15.9 Å². The molecule has 0 aromatic heterocycles. The summed E-state index contributed by atoms with van der Waals surface area (Å²) in [6, 6.07) is 10.2. The maximum atomic E-state index is 13.8. The molecule has 2 aromatic carbocycles. The lowest BCUT2D eigenvalue weighted by Gasteiger charge is -2.34. The number of rotatable bonds is 14. The van der Waals surface area contributed by atoms with Crippen molar-refractivity contribution in [1.82, 2.24) is 14.9 Å². The van der Waals surface area contributed by atoms with E-state index in [9.17, 15) is 27.1 Å². The molecule has 2 aromatic rings. The quantitative estimate of drug-likeness (QED) is 0.325. The molecule has 1 heterocycles. The van der Waals surface area contributed by atoms with Gasteiger partial charge < -0.3 is 15.7 Å². The zero-order valence-electron chi connectivity index (χ0n) is 22.8. The van der Waals surface area contributed by atoms with E-state index in [-0.39, 0.29) is 36.7 Å². The van der Waals surface area contributed by atoms with Crippen LogP contribution in [0.5, 0.6) is 0 Å². The summed E-state index contributed by atoms with van der Waals surface area (Å²) in [6.45, 7) is 5.09. The fraction of sp³-hybridized carbons (Fsp3) is 0.552. The molecule has 1 unspecified atom stereocenters. The van der Waals surface area contributed by atoms with Crippen molar-refractivity contribution in [2.45, 2.75) is 83.5 Å². The number of halogens is 2. The van der Waals surface area contributed by atoms with E-state index >= 15 is 0 Å². The van der Waals surface area contributed by atoms with Crippen LogP contribution in [0.15, 0.2) is 42.5 Å². The van der Waals surface area contributed by atoms with Gasteiger partial charge in [-0.1, -0.05) is 44.5 Å². The number of aliphatic hydroxyl groups is 1. The topological polar surface area (TPSA) is 98.7 Å². The normalized spacial score (nSPS) is 18.0. The van der Waals surface area contributed by atoms with E-state index in [0.29, 0.717) is 13.1 Å². The first-order valence-electron chi connectivity index (χ1n) is 13.8. The molecule has 1 aliphatic rings. The van der Waals surface area contributed by atoms with Crippen LogP contribution >= 0.6 is 0 Å². The molecule has 0 spiro atoms. The second-order valence-corrected chi connectivity index (χ2v) is 12.3. The molecule has 3 rings (SSSR count). The summed E-state index contributed by atoms with van der Waals surface area (Å²) >= 11 is 0. The molecule has 7 nitrogen and oxygen atoms in total. The van der Waals surface area contributed by atoms with Crippen LogP contribution in [-0.4, -0.2) is 60.8 Å². The fourth-order valence-corrected chi connectivity index (χ4v) is 6.89. The average molecular weight is 566 g/mol. The van der Waals surface area contributed by atoms with Crippen LogP contribution in [0.2, 0.25) is 0 Å². The largest absolute Gasteiger partial charge is 0.390 e. The first-order chi connectivity index (χ1) is 18.6. The molecule has 1 amide bonds. The molecular weight excluding hydrogens is 524 g/mol. The van der Waals surface area contributed by atoms with Gasteiger partial charge >= 0.3 is 0 Å². The number of aliphatic hydroxyl groups excluding tert-OH is 1. The molecule has 0 aliphatic carbocycles. The van der Waals surface area contributed by atoms with Crippen molar-refractivity contribution in [3.05, 3.63) is 70.8 Å². The van der Waals surface area contributed by atoms with E-state index in [1.54, 1.807) is 0 Å². The van der Waals surface area contributed by atoms with Gasteiger partial charge in [-0.25, -0.2) is 17.2 Å². The van der Waals surface area contributed by atoms with Crippen LogP contribution in [0.4, 0.5) is 8.78 Å². The Morgan fingerprint density at radius 1 is 1.08 bits per heavy atom. The highest BCUT2D eigenvalue weighted by molar-refractivity contribution is 7.89. The van der Waals surface area contributed by atoms with Gasteiger partial charge in [0.05, 0.1) is 17.9 Å². The Bertz CT molecular complexity index is 1170. The fourth-order valence-electron chi connectivity index (χ4n) is 5.10. The molecule has 0 saturated carbocycles. The Labute approximate surface area is 231 Å². The second-order valence-electron chi connectivity index (χ2n) is 10.3. The van der Waals surface area contributed by atoms with E-state index in [4.69, 9.17) is 0 Å². The zero-order chi connectivity index (χ0) is 28.4. The number of hydrogen-bond acceptors (Lipinski definition) is 5. The third kappa shape index (κ3) is 9.63. The van der Waals surface area contributed by atoms with Gasteiger partial charge in [-0.05, 0) is 60.9 Å². The predicted molar refractivity (Wildman–Crippen MR) is 149 cm³/mol. The summed E-state index contributed by atoms with van der Waals surface area (Å²) in [5, 5.41) is 16.8. The van der Waals surface area contributed by atoms with Crippen molar-refractivity contribution in [2.75, 3.05) is 18.8 Å². The minimum Gasteiger partial charge on any atom is -0.390 e. The van der Waals surface area contributed by atoms with Crippen LogP contribution < -0.4 is 10.6 Å². The molecule has 1 saturated heterocycles. The Morgan fingerprint density at radius 2 is 1.79 bits per heavy atom. The van der Waals surface area contributed by atoms with E-state index in [1.807, 2.05) is 25.1 Å². The van der Waals surface area contributed by atoms with E-state index in [1.165, 1.54) is 9.87 Å². The first kappa shape index (κ1) is 31.1. The number of hydrogen-bond donors (Lipinski definition) is 3. The average Bonchev–Trinajstić information content (AvgIpc) is 2.91. The SMILES string of the molecule is CCc1cccc(CNC[C@@H](O)[C@H](Cc2cc(F)cc(F)c2)NC(=O)CCS(=O)(=O)N2CCCCC2CC)c1. The van der Waals surface area contributed by atoms with Gasteiger partial charge in [-0.2, -0.15) is 4.31 Å². The van der Waals surface area contributed by atoms with Crippen molar-refractivity contribution in [3.63, 3.8) is 0 Å². The molecule has 1 aliphatic heterocycles. The van der Waals surface area contributed by atoms with Gasteiger partial charge in [0.1, 0.15) is 11.6 Å². The van der Waals surface area contributed by atoms with Crippen LogP contribution in [0.3, 0.4) is 0 Å². The van der Waals surface area contributed by atoms with Gasteiger partial charge in [0.15, 0.2) is 0 Å². The minimum absolute atomic E-state index is 0.0225. The van der Waals surface area contributed by atoms with Gasteiger partial charge in [-0.15, -0.1) is 0 Å².